The molecule has 4 rings (SSSR count). The lowest BCUT2D eigenvalue weighted by atomic mass is 9.98. The van der Waals surface area contributed by atoms with Crippen LogP contribution in [0.1, 0.15) is 26.3 Å². The number of rotatable bonds is 5. The minimum Gasteiger partial charge on any atom is -0.454 e. The van der Waals surface area contributed by atoms with Crippen molar-refractivity contribution in [1.82, 2.24) is 4.98 Å². The van der Waals surface area contributed by atoms with E-state index in [1.54, 1.807) is 25.1 Å². The highest BCUT2D eigenvalue weighted by Crippen LogP contribution is 2.31. The molecule has 4 nitrogen and oxygen atoms in total. The first-order valence-corrected chi connectivity index (χ1v) is 10.8. The fraction of sp³-hybridized carbons (Fsp3) is 0.0800. The van der Waals surface area contributed by atoms with Gasteiger partial charge in [-0.15, -0.1) is 0 Å². The van der Waals surface area contributed by atoms with Crippen molar-refractivity contribution in [3.63, 3.8) is 0 Å². The Balaban J connectivity index is 1.69. The second kappa shape index (κ2) is 9.29. The number of nitrogens with zero attached hydrogens (tertiary/aromatic N) is 1. The maximum Gasteiger partial charge on any atom is 0.339 e. The van der Waals surface area contributed by atoms with Crippen LogP contribution in [0.25, 0.3) is 22.2 Å². The maximum atomic E-state index is 13.1. The van der Waals surface area contributed by atoms with E-state index in [0.29, 0.717) is 43.3 Å². The summed E-state index contributed by atoms with van der Waals surface area (Å²) in [6.45, 7) is 1.37. The van der Waals surface area contributed by atoms with Gasteiger partial charge in [0.05, 0.1) is 26.8 Å². The summed E-state index contributed by atoms with van der Waals surface area (Å²) < 4.78 is 5.40. The number of ether oxygens (including phenoxy) is 1. The van der Waals surface area contributed by atoms with Gasteiger partial charge in [-0.3, -0.25) is 4.79 Å². The fourth-order valence-electron chi connectivity index (χ4n) is 3.44. The minimum atomic E-state index is -0.613. The molecule has 160 valence electrons. The molecule has 0 aliphatic carbocycles. The van der Waals surface area contributed by atoms with E-state index in [1.165, 1.54) is 18.2 Å². The number of esters is 1. The molecule has 0 atom stereocenters. The van der Waals surface area contributed by atoms with Crippen LogP contribution in [0.15, 0.2) is 66.7 Å². The van der Waals surface area contributed by atoms with Gasteiger partial charge in [0.25, 0.3) is 0 Å². The number of aromatic nitrogens is 1. The summed E-state index contributed by atoms with van der Waals surface area (Å²) in [7, 11) is 0. The molecule has 0 amide bonds. The van der Waals surface area contributed by atoms with Crippen LogP contribution in [-0.2, 0) is 4.74 Å². The van der Waals surface area contributed by atoms with Crippen LogP contribution in [0.5, 0.6) is 0 Å². The lowest BCUT2D eigenvalue weighted by Crippen LogP contribution is -2.16. The number of ketones is 1. The molecule has 0 aliphatic rings. The van der Waals surface area contributed by atoms with Crippen LogP contribution in [0, 0.1) is 6.92 Å². The second-order valence-electron chi connectivity index (χ2n) is 7.12. The van der Waals surface area contributed by atoms with Gasteiger partial charge in [-0.25, -0.2) is 9.78 Å². The molecule has 0 saturated carbocycles. The van der Waals surface area contributed by atoms with E-state index in [9.17, 15) is 9.59 Å². The van der Waals surface area contributed by atoms with Crippen LogP contribution in [0.4, 0.5) is 0 Å². The molecule has 0 fully saturated rings. The molecular weight excluding hydrogens is 469 g/mol. The summed E-state index contributed by atoms with van der Waals surface area (Å²) in [5.41, 5.74) is 3.33. The number of para-hydroxylation sites is 1. The molecule has 3 aromatic carbocycles. The Labute approximate surface area is 199 Å². The Hall–Kier alpha value is -2.92. The minimum absolute atomic E-state index is 0.256. The second-order valence-corrected chi connectivity index (χ2v) is 8.37. The molecule has 32 heavy (non-hydrogen) atoms. The van der Waals surface area contributed by atoms with Crippen LogP contribution < -0.4 is 0 Å². The normalized spacial score (nSPS) is 10.9. The molecule has 7 heteroatoms. The fourth-order valence-corrected chi connectivity index (χ4v) is 3.93. The quantitative estimate of drug-likeness (QED) is 0.222. The predicted molar refractivity (Wildman–Crippen MR) is 128 cm³/mol. The topological polar surface area (TPSA) is 56.3 Å². The molecule has 0 radical (unpaired) electrons. The van der Waals surface area contributed by atoms with Crippen LogP contribution in [-0.4, -0.2) is 23.3 Å². The standard InChI is InChI=1S/C25H16Cl3NO3/c1-14-23(25(31)32-13-22(30)15-9-10-19(27)20(28)12-15)18-7-2-3-8-21(18)29-24(14)16-5-4-6-17(26)11-16/h2-12H,13H2,1H3. The van der Waals surface area contributed by atoms with E-state index < -0.39 is 12.6 Å². The molecular formula is C25H16Cl3NO3. The average molecular weight is 485 g/mol. The SMILES string of the molecule is Cc1c(-c2cccc(Cl)c2)nc2ccccc2c1C(=O)OCC(=O)c1ccc(Cl)c(Cl)c1. The van der Waals surface area contributed by atoms with Crippen LogP contribution in [0.2, 0.25) is 15.1 Å². The molecule has 1 heterocycles. The summed E-state index contributed by atoms with van der Waals surface area (Å²) in [5, 5.41) is 1.80. The van der Waals surface area contributed by atoms with E-state index in [2.05, 4.69) is 0 Å². The van der Waals surface area contributed by atoms with E-state index in [1.807, 2.05) is 30.3 Å². The summed E-state index contributed by atoms with van der Waals surface area (Å²) in [6, 6.07) is 19.0. The predicted octanol–water partition coefficient (Wildman–Crippen LogP) is 7.21. The first-order valence-electron chi connectivity index (χ1n) is 9.66. The number of carbonyl (C=O) groups excluding carboxylic acids is 2. The van der Waals surface area contributed by atoms with E-state index in [-0.39, 0.29) is 10.8 Å². The highest BCUT2D eigenvalue weighted by Gasteiger charge is 2.21. The summed E-state index contributed by atoms with van der Waals surface area (Å²) in [4.78, 5) is 30.4. The van der Waals surface area contributed by atoms with Gasteiger partial charge in [0.2, 0.25) is 0 Å². The molecule has 0 unspecified atom stereocenters. The van der Waals surface area contributed by atoms with E-state index in [4.69, 9.17) is 44.5 Å². The van der Waals surface area contributed by atoms with Crippen LogP contribution >= 0.6 is 34.8 Å². The van der Waals surface area contributed by atoms with Crippen molar-refractivity contribution in [2.75, 3.05) is 6.61 Å². The van der Waals surface area contributed by atoms with Crippen molar-refractivity contribution < 1.29 is 14.3 Å². The number of hydrogen-bond acceptors (Lipinski definition) is 4. The molecule has 0 bridgehead atoms. The Morgan fingerprint density at radius 2 is 1.69 bits per heavy atom. The van der Waals surface area contributed by atoms with Gasteiger partial charge < -0.3 is 4.74 Å². The van der Waals surface area contributed by atoms with Gasteiger partial charge in [-0.2, -0.15) is 0 Å². The van der Waals surface area contributed by atoms with Gasteiger partial charge in [0, 0.05) is 21.5 Å². The number of fused-ring (bicyclic) bond motifs is 1. The zero-order valence-corrected chi connectivity index (χ0v) is 19.1. The van der Waals surface area contributed by atoms with Gasteiger partial charge in [-0.05, 0) is 48.9 Å². The number of halogens is 3. The molecule has 0 N–H and O–H groups in total. The smallest absolute Gasteiger partial charge is 0.339 e. The summed E-state index contributed by atoms with van der Waals surface area (Å²) in [5.74, 6) is -0.999. The third-order valence-electron chi connectivity index (χ3n) is 5.01. The van der Waals surface area contributed by atoms with Crippen molar-refractivity contribution >= 4 is 57.5 Å². The summed E-state index contributed by atoms with van der Waals surface area (Å²) >= 11 is 18.0. The van der Waals surface area contributed by atoms with Crippen molar-refractivity contribution in [2.24, 2.45) is 0 Å². The van der Waals surface area contributed by atoms with Gasteiger partial charge in [-0.1, -0.05) is 65.1 Å². The Bertz CT molecular complexity index is 1370. The van der Waals surface area contributed by atoms with Gasteiger partial charge >= 0.3 is 5.97 Å². The first kappa shape index (κ1) is 22.3. The summed E-state index contributed by atoms with van der Waals surface area (Å²) in [6.07, 6.45) is 0. The van der Waals surface area contributed by atoms with Gasteiger partial charge in [0.1, 0.15) is 0 Å². The van der Waals surface area contributed by atoms with E-state index in [0.717, 1.165) is 5.56 Å². The Morgan fingerprint density at radius 1 is 0.906 bits per heavy atom. The third-order valence-corrected chi connectivity index (χ3v) is 5.99. The third kappa shape index (κ3) is 4.49. The maximum absolute atomic E-state index is 13.1. The largest absolute Gasteiger partial charge is 0.454 e. The number of pyridine rings is 1. The van der Waals surface area contributed by atoms with Crippen molar-refractivity contribution in [2.45, 2.75) is 6.92 Å². The van der Waals surface area contributed by atoms with Crippen molar-refractivity contribution in [3.8, 4) is 11.3 Å². The highest BCUT2D eigenvalue weighted by molar-refractivity contribution is 6.42. The number of carbonyl (C=O) groups is 2. The number of Topliss-reactive ketones (excluding diaryl/α,β-unsaturated/α-hetero) is 1. The lowest BCUT2D eigenvalue weighted by molar-refractivity contribution is 0.0476. The molecule has 4 aromatic rings. The van der Waals surface area contributed by atoms with Gasteiger partial charge in [0.15, 0.2) is 12.4 Å². The monoisotopic (exact) mass is 483 g/mol. The van der Waals surface area contributed by atoms with Crippen LogP contribution in [0.3, 0.4) is 0 Å². The molecule has 0 saturated heterocycles. The van der Waals surface area contributed by atoms with Crippen molar-refractivity contribution in [3.05, 3.63) is 98.5 Å². The first-order chi connectivity index (χ1) is 15.3. The molecule has 1 aromatic heterocycles. The van der Waals surface area contributed by atoms with Crippen molar-refractivity contribution in [1.29, 1.82) is 0 Å². The highest BCUT2D eigenvalue weighted by atomic mass is 35.5. The number of benzene rings is 3. The molecule has 0 aliphatic heterocycles. The number of hydrogen-bond donors (Lipinski definition) is 0. The Morgan fingerprint density at radius 3 is 2.44 bits per heavy atom. The van der Waals surface area contributed by atoms with E-state index >= 15 is 0 Å². The Kier molecular flexibility index (Phi) is 6.47. The zero-order valence-electron chi connectivity index (χ0n) is 16.9. The lowest BCUT2D eigenvalue weighted by Gasteiger charge is -2.14. The molecule has 0 spiro atoms. The zero-order chi connectivity index (χ0) is 22.8. The average Bonchev–Trinajstić information content (AvgIpc) is 2.78.